The summed E-state index contributed by atoms with van der Waals surface area (Å²) in [6, 6.07) is 5.30. The molecular weight excluding hydrogens is 308 g/mol. The highest BCUT2D eigenvalue weighted by atomic mass is 16.6. The van der Waals surface area contributed by atoms with E-state index in [1.54, 1.807) is 23.1 Å². The minimum atomic E-state index is -0.0251. The van der Waals surface area contributed by atoms with Gasteiger partial charge in [0.05, 0.1) is 0 Å². The average Bonchev–Trinajstić information content (AvgIpc) is 2.60. The molecule has 24 heavy (non-hydrogen) atoms. The summed E-state index contributed by atoms with van der Waals surface area (Å²) in [5.41, 5.74) is 0.598. The van der Waals surface area contributed by atoms with Crippen molar-refractivity contribution in [2.75, 3.05) is 39.4 Å². The lowest BCUT2D eigenvalue weighted by Crippen LogP contribution is -2.50. The van der Waals surface area contributed by atoms with E-state index in [0.29, 0.717) is 68.8 Å². The summed E-state index contributed by atoms with van der Waals surface area (Å²) >= 11 is 0. The fourth-order valence-electron chi connectivity index (χ4n) is 3.00. The highest BCUT2D eigenvalue weighted by molar-refractivity contribution is 5.95. The summed E-state index contributed by atoms with van der Waals surface area (Å²) in [7, 11) is 0. The van der Waals surface area contributed by atoms with E-state index in [0.717, 1.165) is 0 Å². The van der Waals surface area contributed by atoms with Crippen molar-refractivity contribution in [3.63, 3.8) is 0 Å². The summed E-state index contributed by atoms with van der Waals surface area (Å²) < 4.78 is 11.0. The first-order valence-corrected chi connectivity index (χ1v) is 8.51. The number of benzene rings is 1. The number of piperazine rings is 1. The second-order valence-electron chi connectivity index (χ2n) is 6.63. The molecule has 0 aromatic heterocycles. The summed E-state index contributed by atoms with van der Waals surface area (Å²) in [5.74, 6) is 1.81. The van der Waals surface area contributed by atoms with Gasteiger partial charge in [-0.25, -0.2) is 0 Å². The van der Waals surface area contributed by atoms with Gasteiger partial charge in [0.15, 0.2) is 11.5 Å². The number of ether oxygens (including phenoxy) is 2. The maximum Gasteiger partial charge on any atom is 0.254 e. The molecule has 0 aliphatic carbocycles. The van der Waals surface area contributed by atoms with E-state index < -0.39 is 0 Å². The lowest BCUT2D eigenvalue weighted by Gasteiger charge is -2.35. The van der Waals surface area contributed by atoms with Crippen molar-refractivity contribution in [3.8, 4) is 11.5 Å². The van der Waals surface area contributed by atoms with E-state index in [1.807, 2.05) is 18.7 Å². The Labute approximate surface area is 142 Å². The number of fused-ring (bicyclic) bond motifs is 1. The molecule has 0 bridgehead atoms. The molecular formula is C18H24N2O4. The molecule has 0 atom stereocenters. The van der Waals surface area contributed by atoms with E-state index in [4.69, 9.17) is 9.47 Å². The summed E-state index contributed by atoms with van der Waals surface area (Å²) in [5, 5.41) is 0. The van der Waals surface area contributed by atoms with Gasteiger partial charge in [0.25, 0.3) is 5.91 Å². The topological polar surface area (TPSA) is 59.1 Å². The summed E-state index contributed by atoms with van der Waals surface area (Å²) in [4.78, 5) is 28.4. The van der Waals surface area contributed by atoms with Crippen molar-refractivity contribution in [2.24, 2.45) is 5.92 Å². The average molecular weight is 332 g/mol. The lowest BCUT2D eigenvalue weighted by molar-refractivity contribution is -0.133. The Morgan fingerprint density at radius 1 is 1.00 bits per heavy atom. The van der Waals surface area contributed by atoms with Gasteiger partial charge in [-0.3, -0.25) is 9.59 Å². The fourth-order valence-corrected chi connectivity index (χ4v) is 3.00. The first kappa shape index (κ1) is 16.6. The zero-order valence-electron chi connectivity index (χ0n) is 14.3. The van der Waals surface area contributed by atoms with Gasteiger partial charge < -0.3 is 19.3 Å². The number of carbonyl (C=O) groups excluding carboxylic acids is 2. The molecule has 0 radical (unpaired) electrons. The van der Waals surface area contributed by atoms with Crippen molar-refractivity contribution in [1.29, 1.82) is 0 Å². The van der Waals surface area contributed by atoms with Gasteiger partial charge in [-0.05, 0) is 24.1 Å². The monoisotopic (exact) mass is 332 g/mol. The predicted molar refractivity (Wildman–Crippen MR) is 89.4 cm³/mol. The molecule has 3 rings (SSSR count). The third kappa shape index (κ3) is 3.63. The van der Waals surface area contributed by atoms with E-state index >= 15 is 0 Å². The van der Waals surface area contributed by atoms with Crippen molar-refractivity contribution < 1.29 is 19.1 Å². The zero-order chi connectivity index (χ0) is 17.1. The standard InChI is InChI=1S/C18H24N2O4/c1-13(2)11-17(21)19-5-7-20(8-6-19)18(22)14-3-4-15-16(12-14)24-10-9-23-15/h3-4,12-13H,5-11H2,1-2H3. The van der Waals surface area contributed by atoms with Crippen molar-refractivity contribution in [2.45, 2.75) is 20.3 Å². The van der Waals surface area contributed by atoms with Gasteiger partial charge in [-0.1, -0.05) is 13.8 Å². The Balaban J connectivity index is 1.60. The third-order valence-corrected chi connectivity index (χ3v) is 4.29. The third-order valence-electron chi connectivity index (χ3n) is 4.29. The maximum atomic E-state index is 12.7. The van der Waals surface area contributed by atoms with Crippen molar-refractivity contribution >= 4 is 11.8 Å². The molecule has 1 saturated heterocycles. The first-order chi connectivity index (χ1) is 11.5. The Hall–Kier alpha value is -2.24. The number of hydrogen-bond donors (Lipinski definition) is 0. The van der Waals surface area contributed by atoms with E-state index in [9.17, 15) is 9.59 Å². The molecule has 2 aliphatic rings. The second kappa shape index (κ2) is 7.11. The van der Waals surface area contributed by atoms with Gasteiger partial charge in [0.1, 0.15) is 13.2 Å². The minimum Gasteiger partial charge on any atom is -0.486 e. The van der Waals surface area contributed by atoms with Gasteiger partial charge >= 0.3 is 0 Å². The fraction of sp³-hybridized carbons (Fsp3) is 0.556. The zero-order valence-corrected chi connectivity index (χ0v) is 14.3. The normalized spacial score (nSPS) is 17.1. The predicted octanol–water partition coefficient (Wildman–Crippen LogP) is 1.79. The first-order valence-electron chi connectivity index (χ1n) is 8.51. The van der Waals surface area contributed by atoms with Crippen LogP contribution in [-0.2, 0) is 4.79 Å². The molecule has 2 amide bonds. The molecule has 0 N–H and O–H groups in total. The van der Waals surface area contributed by atoms with E-state index in [2.05, 4.69) is 0 Å². The maximum absolute atomic E-state index is 12.7. The van der Waals surface area contributed by atoms with Crippen LogP contribution < -0.4 is 9.47 Å². The van der Waals surface area contributed by atoms with Gasteiger partial charge in [-0.2, -0.15) is 0 Å². The molecule has 2 heterocycles. The van der Waals surface area contributed by atoms with Crippen LogP contribution in [0.4, 0.5) is 0 Å². The van der Waals surface area contributed by atoms with Gasteiger partial charge in [0, 0.05) is 38.2 Å². The molecule has 0 saturated carbocycles. The van der Waals surface area contributed by atoms with Crippen LogP contribution in [0, 0.1) is 5.92 Å². The molecule has 1 fully saturated rings. The van der Waals surface area contributed by atoms with Crippen LogP contribution in [0.1, 0.15) is 30.6 Å². The number of amides is 2. The number of rotatable bonds is 3. The Morgan fingerprint density at radius 2 is 1.62 bits per heavy atom. The van der Waals surface area contributed by atoms with Crippen LogP contribution in [-0.4, -0.2) is 61.0 Å². The Morgan fingerprint density at radius 3 is 2.29 bits per heavy atom. The summed E-state index contributed by atoms with van der Waals surface area (Å²) in [6.45, 7) is 7.45. The molecule has 2 aliphatic heterocycles. The Kier molecular flexibility index (Phi) is 4.92. The molecule has 0 spiro atoms. The molecule has 1 aromatic carbocycles. The van der Waals surface area contributed by atoms with Gasteiger partial charge in [0.2, 0.25) is 5.91 Å². The van der Waals surface area contributed by atoms with Crippen LogP contribution in [0.15, 0.2) is 18.2 Å². The van der Waals surface area contributed by atoms with Crippen LogP contribution in [0.5, 0.6) is 11.5 Å². The largest absolute Gasteiger partial charge is 0.486 e. The molecule has 6 nitrogen and oxygen atoms in total. The van der Waals surface area contributed by atoms with Crippen LogP contribution in [0.25, 0.3) is 0 Å². The highest BCUT2D eigenvalue weighted by Crippen LogP contribution is 2.31. The highest BCUT2D eigenvalue weighted by Gasteiger charge is 2.26. The Bertz CT molecular complexity index is 621. The molecule has 1 aromatic rings. The molecule has 6 heteroatoms. The SMILES string of the molecule is CC(C)CC(=O)N1CCN(C(=O)c2ccc3c(c2)OCCO3)CC1. The number of carbonyl (C=O) groups is 2. The number of hydrogen-bond acceptors (Lipinski definition) is 4. The summed E-state index contributed by atoms with van der Waals surface area (Å²) in [6.07, 6.45) is 0.566. The van der Waals surface area contributed by atoms with Crippen LogP contribution >= 0.6 is 0 Å². The minimum absolute atomic E-state index is 0.0251. The van der Waals surface area contributed by atoms with Crippen molar-refractivity contribution in [3.05, 3.63) is 23.8 Å². The van der Waals surface area contributed by atoms with Crippen LogP contribution in [0.3, 0.4) is 0 Å². The smallest absolute Gasteiger partial charge is 0.254 e. The quantitative estimate of drug-likeness (QED) is 0.847. The van der Waals surface area contributed by atoms with E-state index in [-0.39, 0.29) is 11.8 Å². The van der Waals surface area contributed by atoms with Gasteiger partial charge in [-0.15, -0.1) is 0 Å². The van der Waals surface area contributed by atoms with Crippen LogP contribution in [0.2, 0.25) is 0 Å². The lowest BCUT2D eigenvalue weighted by atomic mass is 10.1. The molecule has 0 unspecified atom stereocenters. The number of nitrogens with zero attached hydrogens (tertiary/aromatic N) is 2. The second-order valence-corrected chi connectivity index (χ2v) is 6.63. The van der Waals surface area contributed by atoms with E-state index in [1.165, 1.54) is 0 Å². The molecule has 130 valence electrons. The van der Waals surface area contributed by atoms with Crippen molar-refractivity contribution in [1.82, 2.24) is 9.80 Å².